The van der Waals surface area contributed by atoms with Gasteiger partial charge in [-0.1, -0.05) is 11.6 Å². The Morgan fingerprint density at radius 1 is 1.71 bits per heavy atom. The largest absolute Gasteiger partial charge is 0.377 e. The summed E-state index contributed by atoms with van der Waals surface area (Å²) in [6.07, 6.45) is 1.72. The summed E-state index contributed by atoms with van der Waals surface area (Å²) in [6.45, 7) is 4.52. The summed E-state index contributed by atoms with van der Waals surface area (Å²) >= 11 is 5.16. The Labute approximate surface area is 48.9 Å². The summed E-state index contributed by atoms with van der Waals surface area (Å²) in [5.74, 6) is 0. The maximum Gasteiger partial charge on any atom is 0.0658 e. The van der Waals surface area contributed by atoms with Crippen molar-refractivity contribution in [1.82, 2.24) is 0 Å². The van der Waals surface area contributed by atoms with E-state index >= 15 is 0 Å². The SMILES string of the molecule is [CH2]COCC=CCl. The van der Waals surface area contributed by atoms with Crippen molar-refractivity contribution < 1.29 is 4.74 Å². The van der Waals surface area contributed by atoms with E-state index in [0.29, 0.717) is 13.2 Å². The standard InChI is InChI=1S/C5H8ClO/c1-2-7-5-3-4-6/h3-4H,1-2,5H2. The van der Waals surface area contributed by atoms with Crippen LogP contribution >= 0.6 is 11.6 Å². The van der Waals surface area contributed by atoms with Gasteiger partial charge in [0.05, 0.1) is 6.61 Å². The molecule has 0 aromatic heterocycles. The number of hydrogen-bond donors (Lipinski definition) is 0. The zero-order valence-electron chi connectivity index (χ0n) is 4.06. The van der Waals surface area contributed by atoms with E-state index in [9.17, 15) is 0 Å². The molecule has 0 amide bonds. The van der Waals surface area contributed by atoms with E-state index in [0.717, 1.165) is 0 Å². The number of rotatable bonds is 3. The van der Waals surface area contributed by atoms with Crippen LogP contribution in [0.5, 0.6) is 0 Å². The van der Waals surface area contributed by atoms with E-state index in [1.807, 2.05) is 0 Å². The predicted octanol–water partition coefficient (Wildman–Crippen LogP) is 1.59. The van der Waals surface area contributed by atoms with Gasteiger partial charge in [0, 0.05) is 12.1 Å². The van der Waals surface area contributed by atoms with Gasteiger partial charge in [-0.25, -0.2) is 0 Å². The van der Waals surface area contributed by atoms with Gasteiger partial charge in [-0.2, -0.15) is 0 Å². The maximum absolute atomic E-state index is 5.16. The molecule has 0 N–H and O–H groups in total. The molecular weight excluding hydrogens is 112 g/mol. The van der Waals surface area contributed by atoms with Gasteiger partial charge in [-0.15, -0.1) is 0 Å². The van der Waals surface area contributed by atoms with Crippen molar-refractivity contribution in [2.24, 2.45) is 0 Å². The molecule has 0 aromatic carbocycles. The molecule has 41 valence electrons. The van der Waals surface area contributed by atoms with Crippen LogP contribution in [0.2, 0.25) is 0 Å². The van der Waals surface area contributed by atoms with Gasteiger partial charge in [0.2, 0.25) is 0 Å². The van der Waals surface area contributed by atoms with Crippen LogP contribution in [0, 0.1) is 6.92 Å². The van der Waals surface area contributed by atoms with Gasteiger partial charge in [-0.05, 0) is 13.0 Å². The highest BCUT2D eigenvalue weighted by molar-refractivity contribution is 6.25. The number of halogens is 1. The summed E-state index contributed by atoms with van der Waals surface area (Å²) in [5.41, 5.74) is 1.43. The highest BCUT2D eigenvalue weighted by Crippen LogP contribution is 1.78. The molecule has 0 aliphatic rings. The average molecular weight is 120 g/mol. The van der Waals surface area contributed by atoms with Gasteiger partial charge in [0.15, 0.2) is 0 Å². The lowest BCUT2D eigenvalue weighted by atomic mass is 10.7. The Kier molecular flexibility index (Phi) is 5.98. The van der Waals surface area contributed by atoms with Crippen LogP contribution in [-0.2, 0) is 4.74 Å². The van der Waals surface area contributed by atoms with Crippen molar-refractivity contribution in [2.45, 2.75) is 0 Å². The lowest BCUT2D eigenvalue weighted by Gasteiger charge is -1.88. The fraction of sp³-hybridized carbons (Fsp3) is 0.400. The molecule has 1 nitrogen and oxygen atoms in total. The first-order chi connectivity index (χ1) is 3.41. The van der Waals surface area contributed by atoms with Crippen LogP contribution < -0.4 is 0 Å². The fourth-order valence-electron chi connectivity index (χ4n) is 0.188. The molecule has 0 spiro atoms. The molecular formula is C5H8ClO. The van der Waals surface area contributed by atoms with Crippen molar-refractivity contribution >= 4 is 11.6 Å². The second kappa shape index (κ2) is 5.99. The Morgan fingerprint density at radius 2 is 2.43 bits per heavy atom. The number of hydrogen-bond acceptors (Lipinski definition) is 1. The van der Waals surface area contributed by atoms with E-state index in [4.69, 9.17) is 16.3 Å². The van der Waals surface area contributed by atoms with Crippen LogP contribution in [0.15, 0.2) is 11.6 Å². The molecule has 0 fully saturated rings. The normalized spacial score (nSPS) is 10.6. The Morgan fingerprint density at radius 3 is 2.86 bits per heavy atom. The topological polar surface area (TPSA) is 9.23 Å². The van der Waals surface area contributed by atoms with Crippen molar-refractivity contribution in [1.29, 1.82) is 0 Å². The van der Waals surface area contributed by atoms with E-state index in [-0.39, 0.29) is 0 Å². The highest BCUT2D eigenvalue weighted by Gasteiger charge is 1.70. The molecule has 0 saturated heterocycles. The lowest BCUT2D eigenvalue weighted by molar-refractivity contribution is 0.192. The van der Waals surface area contributed by atoms with Gasteiger partial charge >= 0.3 is 0 Å². The van der Waals surface area contributed by atoms with E-state index in [1.165, 1.54) is 5.54 Å². The Balaban J connectivity index is 2.69. The molecule has 0 unspecified atom stereocenters. The first kappa shape index (κ1) is 6.99. The molecule has 0 saturated carbocycles. The molecule has 2 heteroatoms. The monoisotopic (exact) mass is 119 g/mol. The van der Waals surface area contributed by atoms with Crippen LogP contribution in [0.3, 0.4) is 0 Å². The van der Waals surface area contributed by atoms with Crippen molar-refractivity contribution in [2.75, 3.05) is 13.2 Å². The highest BCUT2D eigenvalue weighted by atomic mass is 35.5. The van der Waals surface area contributed by atoms with Crippen molar-refractivity contribution in [3.8, 4) is 0 Å². The quantitative estimate of drug-likeness (QED) is 0.513. The van der Waals surface area contributed by atoms with E-state index in [2.05, 4.69) is 6.92 Å². The molecule has 0 rings (SSSR count). The molecule has 0 aliphatic carbocycles. The Hall–Kier alpha value is -0.0100. The van der Waals surface area contributed by atoms with E-state index in [1.54, 1.807) is 6.08 Å². The van der Waals surface area contributed by atoms with E-state index < -0.39 is 0 Å². The second-order valence-corrected chi connectivity index (χ2v) is 1.19. The van der Waals surface area contributed by atoms with Gasteiger partial charge in [0.25, 0.3) is 0 Å². The smallest absolute Gasteiger partial charge is 0.0658 e. The van der Waals surface area contributed by atoms with Crippen LogP contribution in [0.4, 0.5) is 0 Å². The van der Waals surface area contributed by atoms with Crippen molar-refractivity contribution in [3.05, 3.63) is 18.5 Å². The predicted molar refractivity (Wildman–Crippen MR) is 31.2 cm³/mol. The van der Waals surface area contributed by atoms with Crippen molar-refractivity contribution in [3.63, 3.8) is 0 Å². The molecule has 0 atom stereocenters. The van der Waals surface area contributed by atoms with Crippen LogP contribution in [0.25, 0.3) is 0 Å². The third-order valence-corrected chi connectivity index (χ3v) is 0.626. The second-order valence-electron chi connectivity index (χ2n) is 0.937. The summed E-state index contributed by atoms with van der Waals surface area (Å²) in [5, 5.41) is 0. The third kappa shape index (κ3) is 5.99. The fourth-order valence-corrected chi connectivity index (χ4v) is 0.260. The molecule has 0 bridgehead atoms. The zero-order valence-corrected chi connectivity index (χ0v) is 4.82. The summed E-state index contributed by atoms with van der Waals surface area (Å²) in [7, 11) is 0. The zero-order chi connectivity index (χ0) is 5.54. The molecule has 0 aliphatic heterocycles. The molecule has 0 heterocycles. The minimum absolute atomic E-state index is 0.501. The minimum Gasteiger partial charge on any atom is -0.377 e. The minimum atomic E-state index is 0.501. The average Bonchev–Trinajstić information content (AvgIpc) is 1.69. The van der Waals surface area contributed by atoms with Gasteiger partial charge in [0.1, 0.15) is 0 Å². The lowest BCUT2D eigenvalue weighted by Crippen LogP contribution is -1.87. The first-order valence-corrected chi connectivity index (χ1v) is 2.47. The molecule has 1 radical (unpaired) electrons. The summed E-state index contributed by atoms with van der Waals surface area (Å²) in [4.78, 5) is 0. The van der Waals surface area contributed by atoms with Gasteiger partial charge < -0.3 is 4.74 Å². The van der Waals surface area contributed by atoms with Gasteiger partial charge in [-0.3, -0.25) is 0 Å². The van der Waals surface area contributed by atoms with Crippen LogP contribution in [-0.4, -0.2) is 13.2 Å². The molecule has 0 aromatic rings. The Bertz CT molecular complexity index is 52.0. The number of ether oxygens (including phenoxy) is 1. The molecule has 7 heavy (non-hydrogen) atoms. The third-order valence-electron chi connectivity index (χ3n) is 0.448. The maximum atomic E-state index is 5.16. The summed E-state index contributed by atoms with van der Waals surface area (Å²) in [6, 6.07) is 0. The van der Waals surface area contributed by atoms with Crippen LogP contribution in [0.1, 0.15) is 0 Å². The summed E-state index contributed by atoms with van der Waals surface area (Å²) < 4.78 is 4.79. The first-order valence-electron chi connectivity index (χ1n) is 2.04.